The van der Waals surface area contributed by atoms with E-state index >= 15 is 0 Å². The van der Waals surface area contributed by atoms with Crippen molar-refractivity contribution in [1.29, 1.82) is 0 Å². The first-order chi connectivity index (χ1) is 10.6. The zero-order valence-electron chi connectivity index (χ0n) is 13.2. The zero-order chi connectivity index (χ0) is 15.7. The minimum atomic E-state index is -0.0255. The lowest BCUT2D eigenvalue weighted by Crippen LogP contribution is -2.23. The number of aromatic nitrogens is 1. The number of benzene rings is 2. The van der Waals surface area contributed by atoms with Crippen LogP contribution >= 0.6 is 0 Å². The van der Waals surface area contributed by atoms with Crippen LogP contribution in [0.25, 0.3) is 10.9 Å². The van der Waals surface area contributed by atoms with Crippen molar-refractivity contribution in [3.8, 4) is 0 Å². The molecule has 3 heteroatoms. The average Bonchev–Trinajstić information content (AvgIpc) is 2.80. The highest BCUT2D eigenvalue weighted by Crippen LogP contribution is 2.19. The van der Waals surface area contributed by atoms with Gasteiger partial charge >= 0.3 is 0 Å². The molecule has 1 N–H and O–H groups in total. The van der Waals surface area contributed by atoms with Gasteiger partial charge in [0.15, 0.2) is 0 Å². The highest BCUT2D eigenvalue weighted by atomic mass is 16.1. The molecule has 1 aromatic heterocycles. The van der Waals surface area contributed by atoms with Gasteiger partial charge in [0.2, 0.25) is 0 Å². The van der Waals surface area contributed by atoms with Gasteiger partial charge in [-0.1, -0.05) is 24.3 Å². The summed E-state index contributed by atoms with van der Waals surface area (Å²) in [7, 11) is 2.07. The monoisotopic (exact) mass is 292 g/mol. The molecule has 0 bridgehead atoms. The molecule has 0 unspecified atom stereocenters. The molecular weight excluding hydrogens is 272 g/mol. The number of aryl methyl sites for hydroxylation is 3. The summed E-state index contributed by atoms with van der Waals surface area (Å²) < 4.78 is 2.17. The number of nitrogens with one attached hydrogen (secondary N) is 1. The van der Waals surface area contributed by atoms with Gasteiger partial charge in [-0.15, -0.1) is 0 Å². The Labute approximate surface area is 130 Å². The number of carbonyl (C=O) groups excluding carboxylic acids is 1. The third-order valence-electron chi connectivity index (χ3n) is 4.19. The Bertz CT molecular complexity index is 846. The zero-order valence-corrected chi connectivity index (χ0v) is 13.2. The molecule has 0 spiro atoms. The smallest absolute Gasteiger partial charge is 0.251 e. The summed E-state index contributed by atoms with van der Waals surface area (Å²) in [5, 5.41) is 4.21. The Morgan fingerprint density at radius 2 is 1.86 bits per heavy atom. The lowest BCUT2D eigenvalue weighted by molar-refractivity contribution is 0.0950. The molecule has 22 heavy (non-hydrogen) atoms. The highest BCUT2D eigenvalue weighted by molar-refractivity contribution is 5.95. The van der Waals surface area contributed by atoms with Gasteiger partial charge < -0.3 is 9.88 Å². The van der Waals surface area contributed by atoms with Crippen LogP contribution in [0.4, 0.5) is 0 Å². The Morgan fingerprint density at radius 1 is 1.09 bits per heavy atom. The highest BCUT2D eigenvalue weighted by Gasteiger charge is 2.08. The second kappa shape index (κ2) is 5.68. The number of amides is 1. The first-order valence-electron chi connectivity index (χ1n) is 7.45. The second-order valence-electron chi connectivity index (χ2n) is 5.74. The van der Waals surface area contributed by atoms with Gasteiger partial charge in [0.1, 0.15) is 0 Å². The van der Waals surface area contributed by atoms with E-state index in [2.05, 4.69) is 48.1 Å². The molecule has 0 fully saturated rings. The van der Waals surface area contributed by atoms with E-state index in [0.29, 0.717) is 6.54 Å². The minimum absolute atomic E-state index is 0.0255. The Balaban J connectivity index is 1.76. The maximum absolute atomic E-state index is 12.2. The topological polar surface area (TPSA) is 34.0 Å². The summed E-state index contributed by atoms with van der Waals surface area (Å²) in [6.07, 6.45) is 0. The number of hydrogen-bond acceptors (Lipinski definition) is 1. The van der Waals surface area contributed by atoms with E-state index in [-0.39, 0.29) is 5.91 Å². The molecule has 2 aromatic carbocycles. The van der Waals surface area contributed by atoms with Crippen LogP contribution < -0.4 is 5.32 Å². The molecule has 0 saturated carbocycles. The maximum Gasteiger partial charge on any atom is 0.251 e. The van der Waals surface area contributed by atoms with Gasteiger partial charge in [-0.3, -0.25) is 4.79 Å². The molecule has 0 atom stereocenters. The Kier molecular flexibility index (Phi) is 3.72. The summed E-state index contributed by atoms with van der Waals surface area (Å²) >= 11 is 0. The molecule has 3 nitrogen and oxygen atoms in total. The standard InChI is InChI=1S/C19H20N2O/c1-13-6-4-5-7-17(13)19(22)20-12-15-8-9-18-16(11-15)10-14(2)21(18)3/h4-11H,12H2,1-3H3,(H,20,22). The molecule has 3 aromatic rings. The number of carbonyl (C=O) groups is 1. The van der Waals surface area contributed by atoms with E-state index in [0.717, 1.165) is 16.7 Å². The van der Waals surface area contributed by atoms with E-state index in [1.165, 1.54) is 16.6 Å². The molecule has 0 aliphatic carbocycles. The fourth-order valence-electron chi connectivity index (χ4n) is 2.75. The van der Waals surface area contributed by atoms with Crippen LogP contribution in [0, 0.1) is 13.8 Å². The third-order valence-corrected chi connectivity index (χ3v) is 4.19. The molecule has 0 saturated heterocycles. The van der Waals surface area contributed by atoms with Gasteiger partial charge in [-0.2, -0.15) is 0 Å². The minimum Gasteiger partial charge on any atom is -0.348 e. The van der Waals surface area contributed by atoms with Crippen molar-refractivity contribution in [3.05, 3.63) is 70.9 Å². The SMILES string of the molecule is Cc1ccccc1C(=O)NCc1ccc2c(c1)cc(C)n2C. The number of rotatable bonds is 3. The predicted octanol–water partition coefficient (Wildman–Crippen LogP) is 3.73. The summed E-state index contributed by atoms with van der Waals surface area (Å²) in [5.41, 5.74) is 5.29. The van der Waals surface area contributed by atoms with Crippen molar-refractivity contribution in [2.75, 3.05) is 0 Å². The molecule has 1 heterocycles. The molecule has 1 amide bonds. The van der Waals surface area contributed by atoms with Crippen LogP contribution in [0.1, 0.15) is 27.2 Å². The van der Waals surface area contributed by atoms with E-state index in [9.17, 15) is 4.79 Å². The van der Waals surface area contributed by atoms with E-state index in [1.54, 1.807) is 0 Å². The quantitative estimate of drug-likeness (QED) is 0.784. The van der Waals surface area contributed by atoms with Crippen LogP contribution in [0.15, 0.2) is 48.5 Å². The molecule has 3 rings (SSSR count). The first-order valence-corrected chi connectivity index (χ1v) is 7.45. The van der Waals surface area contributed by atoms with E-state index in [4.69, 9.17) is 0 Å². The number of fused-ring (bicyclic) bond motifs is 1. The van der Waals surface area contributed by atoms with Crippen LogP contribution in [0.2, 0.25) is 0 Å². The van der Waals surface area contributed by atoms with Crippen molar-refractivity contribution in [2.24, 2.45) is 7.05 Å². The fraction of sp³-hybridized carbons (Fsp3) is 0.211. The predicted molar refractivity (Wildman–Crippen MR) is 90.0 cm³/mol. The molecule has 0 radical (unpaired) electrons. The average molecular weight is 292 g/mol. The largest absolute Gasteiger partial charge is 0.348 e. The lowest BCUT2D eigenvalue weighted by atomic mass is 10.1. The van der Waals surface area contributed by atoms with Crippen molar-refractivity contribution in [2.45, 2.75) is 20.4 Å². The van der Waals surface area contributed by atoms with Gasteiger partial charge in [-0.25, -0.2) is 0 Å². The molecule has 112 valence electrons. The van der Waals surface area contributed by atoms with Gasteiger partial charge in [-0.05, 0) is 49.2 Å². The van der Waals surface area contributed by atoms with Crippen LogP contribution in [-0.2, 0) is 13.6 Å². The maximum atomic E-state index is 12.2. The number of hydrogen-bond donors (Lipinski definition) is 1. The second-order valence-corrected chi connectivity index (χ2v) is 5.74. The third kappa shape index (κ3) is 2.62. The molecule has 0 aliphatic heterocycles. The normalized spacial score (nSPS) is 10.9. The fourth-order valence-corrected chi connectivity index (χ4v) is 2.75. The van der Waals surface area contributed by atoms with Crippen molar-refractivity contribution >= 4 is 16.8 Å². The van der Waals surface area contributed by atoms with Crippen molar-refractivity contribution in [3.63, 3.8) is 0 Å². The van der Waals surface area contributed by atoms with E-state index in [1.807, 2.05) is 31.2 Å². The van der Waals surface area contributed by atoms with Gasteiger partial charge in [0, 0.05) is 35.8 Å². The summed E-state index contributed by atoms with van der Waals surface area (Å²) in [6.45, 7) is 4.59. The summed E-state index contributed by atoms with van der Waals surface area (Å²) in [6, 6.07) is 16.1. The van der Waals surface area contributed by atoms with Crippen LogP contribution in [-0.4, -0.2) is 10.5 Å². The van der Waals surface area contributed by atoms with Crippen molar-refractivity contribution in [1.82, 2.24) is 9.88 Å². The van der Waals surface area contributed by atoms with Crippen molar-refractivity contribution < 1.29 is 4.79 Å². The lowest BCUT2D eigenvalue weighted by Gasteiger charge is -2.08. The summed E-state index contributed by atoms with van der Waals surface area (Å²) in [5.74, 6) is -0.0255. The van der Waals surface area contributed by atoms with Gasteiger partial charge in [0.05, 0.1) is 0 Å². The first kappa shape index (κ1) is 14.4. The molecule has 0 aliphatic rings. The van der Waals surface area contributed by atoms with Gasteiger partial charge in [0.25, 0.3) is 5.91 Å². The van der Waals surface area contributed by atoms with Crippen LogP contribution in [0.5, 0.6) is 0 Å². The Hall–Kier alpha value is -2.55. The Morgan fingerprint density at radius 3 is 2.64 bits per heavy atom. The van der Waals surface area contributed by atoms with Crippen LogP contribution in [0.3, 0.4) is 0 Å². The summed E-state index contributed by atoms with van der Waals surface area (Å²) in [4.78, 5) is 12.2. The number of nitrogens with zero attached hydrogens (tertiary/aromatic N) is 1. The van der Waals surface area contributed by atoms with E-state index < -0.39 is 0 Å². The molecular formula is C19H20N2O.